The summed E-state index contributed by atoms with van der Waals surface area (Å²) in [6.45, 7) is 1.09. The van der Waals surface area contributed by atoms with Gasteiger partial charge in [0.1, 0.15) is 6.10 Å². The fourth-order valence-electron chi connectivity index (χ4n) is 0.904. The molecule has 12 heavy (non-hydrogen) atoms. The van der Waals surface area contributed by atoms with E-state index < -0.39 is 23.3 Å². The summed E-state index contributed by atoms with van der Waals surface area (Å²) in [7, 11) is 0. The predicted octanol–water partition coefficient (Wildman–Crippen LogP) is -0.306. The average molecular weight is 175 g/mol. The quantitative estimate of drug-likeness (QED) is 0.407. The van der Waals surface area contributed by atoms with Gasteiger partial charge in [0.15, 0.2) is 17.2 Å². The molecule has 2 unspecified atom stereocenters. The zero-order chi connectivity index (χ0) is 9.52. The van der Waals surface area contributed by atoms with Crippen molar-refractivity contribution in [3.05, 3.63) is 23.4 Å². The van der Waals surface area contributed by atoms with Crippen LogP contribution < -0.4 is 5.73 Å². The van der Waals surface area contributed by atoms with Crippen LogP contribution in [0.15, 0.2) is 23.4 Å². The second-order valence-corrected chi connectivity index (χ2v) is 2.88. The number of hydrogen-bond donors (Lipinski definition) is 4. The zero-order valence-corrected chi connectivity index (χ0v) is 6.45. The maximum atomic E-state index is 12.8. The predicted molar refractivity (Wildman–Crippen MR) is 39.7 cm³/mol. The van der Waals surface area contributed by atoms with Crippen molar-refractivity contribution in [2.24, 2.45) is 5.73 Å². The fourth-order valence-corrected chi connectivity index (χ4v) is 0.904. The molecular weight excluding hydrogens is 165 g/mol. The van der Waals surface area contributed by atoms with E-state index in [1.54, 1.807) is 0 Å². The highest BCUT2D eigenvalue weighted by Crippen LogP contribution is 2.30. The van der Waals surface area contributed by atoms with Gasteiger partial charge in [-0.2, -0.15) is 0 Å². The molecule has 0 heterocycles. The maximum Gasteiger partial charge on any atom is 0.186 e. The molecule has 5 N–H and O–H groups in total. The molecule has 0 saturated carbocycles. The summed E-state index contributed by atoms with van der Waals surface area (Å²) in [5.41, 5.74) is 2.72. The number of nitrogens with two attached hydrogens (primary N) is 1. The molecule has 68 valence electrons. The van der Waals surface area contributed by atoms with E-state index in [9.17, 15) is 9.50 Å². The molecule has 0 aromatic heterocycles. The number of rotatable bonds is 0. The van der Waals surface area contributed by atoms with E-state index in [-0.39, 0.29) is 5.70 Å². The first-order valence-electron chi connectivity index (χ1n) is 3.34. The zero-order valence-electron chi connectivity index (χ0n) is 6.45. The third-order valence-corrected chi connectivity index (χ3v) is 1.85. The van der Waals surface area contributed by atoms with Gasteiger partial charge in [0.2, 0.25) is 0 Å². The summed E-state index contributed by atoms with van der Waals surface area (Å²) in [5, 5.41) is 27.5. The monoisotopic (exact) mass is 175 g/mol. The van der Waals surface area contributed by atoms with Gasteiger partial charge in [-0.3, -0.25) is 0 Å². The summed E-state index contributed by atoms with van der Waals surface area (Å²) in [6.07, 6.45) is -0.452. The normalized spacial score (nSPS) is 36.7. The lowest BCUT2D eigenvalue weighted by Crippen LogP contribution is -2.43. The van der Waals surface area contributed by atoms with Crippen LogP contribution in [-0.4, -0.2) is 27.0 Å². The van der Waals surface area contributed by atoms with Gasteiger partial charge in [0, 0.05) is 0 Å². The van der Waals surface area contributed by atoms with Crippen LogP contribution in [0.3, 0.4) is 0 Å². The van der Waals surface area contributed by atoms with Crippen LogP contribution in [0.1, 0.15) is 6.92 Å². The molecule has 0 aromatic carbocycles. The molecule has 0 saturated heterocycles. The first-order valence-corrected chi connectivity index (χ1v) is 3.34. The van der Waals surface area contributed by atoms with Crippen LogP contribution in [0.2, 0.25) is 0 Å². The van der Waals surface area contributed by atoms with E-state index >= 15 is 0 Å². The van der Waals surface area contributed by atoms with Crippen molar-refractivity contribution >= 4 is 0 Å². The van der Waals surface area contributed by atoms with Crippen molar-refractivity contribution in [1.82, 2.24) is 0 Å². The van der Waals surface area contributed by atoms with Gasteiger partial charge in [-0.05, 0) is 13.0 Å². The van der Waals surface area contributed by atoms with Gasteiger partial charge in [0.05, 0.1) is 5.70 Å². The van der Waals surface area contributed by atoms with Gasteiger partial charge < -0.3 is 21.1 Å². The molecule has 1 rings (SSSR count). The van der Waals surface area contributed by atoms with Crippen molar-refractivity contribution in [2.45, 2.75) is 18.6 Å². The van der Waals surface area contributed by atoms with Gasteiger partial charge in [-0.25, -0.2) is 4.39 Å². The Morgan fingerprint density at radius 3 is 2.67 bits per heavy atom. The van der Waals surface area contributed by atoms with Crippen molar-refractivity contribution < 1.29 is 19.7 Å². The highest BCUT2D eigenvalue weighted by atomic mass is 19.1. The maximum absolute atomic E-state index is 12.8. The number of aliphatic hydroxyl groups excluding tert-OH is 2. The molecule has 5 heteroatoms. The van der Waals surface area contributed by atoms with Crippen molar-refractivity contribution in [3.63, 3.8) is 0 Å². The molecule has 0 radical (unpaired) electrons. The van der Waals surface area contributed by atoms with E-state index in [1.807, 2.05) is 0 Å². The van der Waals surface area contributed by atoms with Crippen LogP contribution in [0, 0.1) is 0 Å². The molecule has 0 fully saturated rings. The number of aliphatic hydroxyl groups is 3. The molecule has 1 aliphatic rings. The van der Waals surface area contributed by atoms with Gasteiger partial charge >= 0.3 is 0 Å². The Morgan fingerprint density at radius 1 is 1.67 bits per heavy atom. The molecule has 2 atom stereocenters. The van der Waals surface area contributed by atoms with Crippen LogP contribution in [0.4, 0.5) is 4.39 Å². The van der Waals surface area contributed by atoms with Crippen LogP contribution in [0.5, 0.6) is 0 Å². The summed E-state index contributed by atoms with van der Waals surface area (Å²) in [4.78, 5) is 0. The van der Waals surface area contributed by atoms with Crippen molar-refractivity contribution in [2.75, 3.05) is 0 Å². The van der Waals surface area contributed by atoms with Crippen LogP contribution in [-0.2, 0) is 0 Å². The highest BCUT2D eigenvalue weighted by molar-refractivity contribution is 5.36. The molecule has 0 amide bonds. The summed E-state index contributed by atoms with van der Waals surface area (Å²) in [5.74, 6) is -2.03. The molecule has 0 aromatic rings. The minimum absolute atomic E-state index is 0.369. The Bertz CT molecular complexity index is 270. The molecule has 0 spiro atoms. The lowest BCUT2D eigenvalue weighted by atomic mass is 9.91. The van der Waals surface area contributed by atoms with Crippen LogP contribution >= 0.6 is 0 Å². The standard InChI is InChI=1S/C7H10FNO3/c1-7(12)4(10)2-3(9)5(8)6(7)11/h2,4,10-12H,9H2,1H3. The average Bonchev–Trinajstić information content (AvgIpc) is 1.99. The lowest BCUT2D eigenvalue weighted by molar-refractivity contribution is -0.0418. The number of hydrogen-bond acceptors (Lipinski definition) is 4. The first kappa shape index (κ1) is 9.02. The van der Waals surface area contributed by atoms with Gasteiger partial charge in [-0.1, -0.05) is 0 Å². The third kappa shape index (κ3) is 1.07. The SMILES string of the molecule is CC1(O)C(O)=C(F)C(N)=CC1O. The van der Waals surface area contributed by atoms with E-state index in [4.69, 9.17) is 15.9 Å². The second-order valence-electron chi connectivity index (χ2n) is 2.88. The minimum atomic E-state index is -1.99. The van der Waals surface area contributed by atoms with Gasteiger partial charge in [-0.15, -0.1) is 0 Å². The van der Waals surface area contributed by atoms with E-state index in [0.29, 0.717) is 0 Å². The minimum Gasteiger partial charge on any atom is -0.506 e. The summed E-state index contributed by atoms with van der Waals surface area (Å²) >= 11 is 0. The number of allylic oxidation sites excluding steroid dienone is 1. The summed E-state index contributed by atoms with van der Waals surface area (Å²) < 4.78 is 12.8. The van der Waals surface area contributed by atoms with Crippen molar-refractivity contribution in [3.8, 4) is 0 Å². The Hall–Kier alpha value is -1.07. The van der Waals surface area contributed by atoms with Crippen molar-refractivity contribution in [1.29, 1.82) is 0 Å². The molecule has 4 nitrogen and oxygen atoms in total. The lowest BCUT2D eigenvalue weighted by Gasteiger charge is -2.30. The number of halogens is 1. The molecular formula is C7H10FNO3. The topological polar surface area (TPSA) is 86.7 Å². The Kier molecular flexibility index (Phi) is 1.85. The Labute approximate surface area is 68.4 Å². The molecule has 0 bridgehead atoms. The smallest absolute Gasteiger partial charge is 0.186 e. The molecule has 1 aliphatic carbocycles. The molecule has 0 aliphatic heterocycles. The van der Waals surface area contributed by atoms with E-state index in [2.05, 4.69) is 0 Å². The Morgan fingerprint density at radius 2 is 2.17 bits per heavy atom. The van der Waals surface area contributed by atoms with Crippen LogP contribution in [0.25, 0.3) is 0 Å². The van der Waals surface area contributed by atoms with E-state index in [0.717, 1.165) is 13.0 Å². The van der Waals surface area contributed by atoms with E-state index in [1.165, 1.54) is 0 Å². The highest BCUT2D eigenvalue weighted by Gasteiger charge is 2.40. The van der Waals surface area contributed by atoms with Gasteiger partial charge in [0.25, 0.3) is 0 Å². The third-order valence-electron chi connectivity index (χ3n) is 1.85. The fraction of sp³-hybridized carbons (Fsp3) is 0.429. The second kappa shape index (κ2) is 2.46. The Balaban J connectivity index is 3.18. The first-order chi connectivity index (χ1) is 5.37. The summed E-state index contributed by atoms with van der Waals surface area (Å²) in [6, 6.07) is 0. The largest absolute Gasteiger partial charge is 0.506 e.